The lowest BCUT2D eigenvalue weighted by molar-refractivity contribution is -0.141. The van der Waals surface area contributed by atoms with Gasteiger partial charge in [0.1, 0.15) is 0 Å². The summed E-state index contributed by atoms with van der Waals surface area (Å²) in [5.41, 5.74) is 0. The number of amides is 1. The van der Waals surface area contributed by atoms with Gasteiger partial charge in [-0.05, 0) is 19.3 Å². The minimum Gasteiger partial charge on any atom is -0.481 e. The number of rotatable bonds is 4. The number of hydrogen-bond acceptors (Lipinski definition) is 2. The fourth-order valence-electron chi connectivity index (χ4n) is 1.77. The molecule has 0 heterocycles. The van der Waals surface area contributed by atoms with E-state index in [-0.39, 0.29) is 24.3 Å². The highest BCUT2D eigenvalue weighted by molar-refractivity contribution is 6.29. The molecule has 5 heteroatoms. The van der Waals surface area contributed by atoms with E-state index < -0.39 is 5.97 Å². The van der Waals surface area contributed by atoms with Gasteiger partial charge in [0.25, 0.3) is 0 Å². The highest BCUT2D eigenvalue weighted by Crippen LogP contribution is 2.31. The second-order valence-corrected chi connectivity index (χ2v) is 4.31. The first-order valence-electron chi connectivity index (χ1n) is 4.84. The Kier molecular flexibility index (Phi) is 4.15. The molecule has 0 saturated heterocycles. The van der Waals surface area contributed by atoms with E-state index in [4.69, 9.17) is 16.7 Å². The van der Waals surface area contributed by atoms with E-state index >= 15 is 0 Å². The van der Waals surface area contributed by atoms with E-state index in [0.717, 1.165) is 0 Å². The molecule has 1 amide bonds. The van der Waals surface area contributed by atoms with Crippen LogP contribution in [0.5, 0.6) is 0 Å². The van der Waals surface area contributed by atoms with Gasteiger partial charge in [0.15, 0.2) is 0 Å². The Morgan fingerprint density at radius 1 is 1.40 bits per heavy atom. The summed E-state index contributed by atoms with van der Waals surface area (Å²) >= 11 is 5.50. The van der Waals surface area contributed by atoms with Crippen LogP contribution in [0.15, 0.2) is 11.6 Å². The summed E-state index contributed by atoms with van der Waals surface area (Å²) in [6.45, 7) is 3.70. The Labute approximate surface area is 93.3 Å². The molecule has 2 atom stereocenters. The van der Waals surface area contributed by atoms with Gasteiger partial charge in [0.05, 0.1) is 12.5 Å². The summed E-state index contributed by atoms with van der Waals surface area (Å²) in [6.07, 6.45) is 1.64. The molecule has 0 unspecified atom stereocenters. The van der Waals surface area contributed by atoms with Crippen LogP contribution < -0.4 is 5.32 Å². The molecule has 2 N–H and O–H groups in total. The predicted octanol–water partition coefficient (Wildman–Crippen LogP) is 1.36. The molecule has 1 aliphatic carbocycles. The molecule has 0 aromatic rings. The van der Waals surface area contributed by atoms with Gasteiger partial charge in [-0.15, -0.1) is 0 Å². The van der Waals surface area contributed by atoms with E-state index in [1.165, 1.54) is 0 Å². The summed E-state index contributed by atoms with van der Waals surface area (Å²) in [7, 11) is 0. The average Bonchev–Trinajstić information content (AvgIpc) is 2.62. The van der Waals surface area contributed by atoms with Gasteiger partial charge in [-0.2, -0.15) is 0 Å². The summed E-state index contributed by atoms with van der Waals surface area (Å²) in [5, 5.41) is 11.8. The van der Waals surface area contributed by atoms with Crippen molar-refractivity contribution in [2.45, 2.75) is 19.3 Å². The van der Waals surface area contributed by atoms with Gasteiger partial charge in [-0.3, -0.25) is 9.59 Å². The van der Waals surface area contributed by atoms with Crippen LogP contribution in [-0.4, -0.2) is 23.5 Å². The van der Waals surface area contributed by atoms with E-state index in [2.05, 4.69) is 11.9 Å². The summed E-state index contributed by atoms with van der Waals surface area (Å²) in [4.78, 5) is 22.2. The molecule has 15 heavy (non-hydrogen) atoms. The number of halogens is 1. The zero-order chi connectivity index (χ0) is 11.4. The minimum atomic E-state index is -0.813. The van der Waals surface area contributed by atoms with Gasteiger partial charge in [0.2, 0.25) is 5.91 Å². The Morgan fingerprint density at radius 3 is 2.47 bits per heavy atom. The van der Waals surface area contributed by atoms with Crippen LogP contribution in [0.3, 0.4) is 0 Å². The molecular weight excluding hydrogens is 218 g/mol. The fraction of sp³-hybridized carbons (Fsp3) is 0.600. The molecule has 1 fully saturated rings. The monoisotopic (exact) mass is 231 g/mol. The van der Waals surface area contributed by atoms with Crippen molar-refractivity contribution in [1.29, 1.82) is 0 Å². The van der Waals surface area contributed by atoms with Crippen molar-refractivity contribution in [3.63, 3.8) is 0 Å². The van der Waals surface area contributed by atoms with E-state index in [0.29, 0.717) is 24.3 Å². The third-order valence-corrected chi connectivity index (χ3v) is 2.74. The molecule has 0 bridgehead atoms. The van der Waals surface area contributed by atoms with Crippen molar-refractivity contribution < 1.29 is 14.7 Å². The number of carboxylic acid groups (broad SMARTS) is 1. The standard InChI is InChI=1S/C10H14ClNO3/c1-6(11)5-12-9(13)7-2-3-8(4-7)10(14)15/h7-8H,1-5H2,(H,12,13)(H,14,15)/t7-,8+/m1/s1. The maximum atomic E-state index is 11.5. The van der Waals surface area contributed by atoms with Crippen molar-refractivity contribution in [1.82, 2.24) is 5.32 Å². The Bertz CT molecular complexity index is 290. The van der Waals surface area contributed by atoms with E-state index in [1.807, 2.05) is 0 Å². The second-order valence-electron chi connectivity index (χ2n) is 3.78. The highest BCUT2D eigenvalue weighted by Gasteiger charge is 2.33. The Hall–Kier alpha value is -1.03. The molecular formula is C10H14ClNO3. The van der Waals surface area contributed by atoms with Crippen molar-refractivity contribution in [3.8, 4) is 0 Å². The van der Waals surface area contributed by atoms with Crippen LogP contribution in [0, 0.1) is 11.8 Å². The van der Waals surface area contributed by atoms with Crippen LogP contribution in [0.4, 0.5) is 0 Å². The zero-order valence-corrected chi connectivity index (χ0v) is 9.09. The van der Waals surface area contributed by atoms with Gasteiger partial charge < -0.3 is 10.4 Å². The number of carbonyl (C=O) groups excluding carboxylic acids is 1. The number of nitrogens with one attached hydrogen (secondary N) is 1. The lowest BCUT2D eigenvalue weighted by atomic mass is 10.0. The number of hydrogen-bond donors (Lipinski definition) is 2. The molecule has 1 saturated carbocycles. The zero-order valence-electron chi connectivity index (χ0n) is 8.33. The van der Waals surface area contributed by atoms with Crippen molar-refractivity contribution in [3.05, 3.63) is 11.6 Å². The van der Waals surface area contributed by atoms with Gasteiger partial charge >= 0.3 is 5.97 Å². The molecule has 4 nitrogen and oxygen atoms in total. The third kappa shape index (κ3) is 3.55. The Balaban J connectivity index is 2.36. The Morgan fingerprint density at radius 2 is 2.00 bits per heavy atom. The van der Waals surface area contributed by atoms with Gasteiger partial charge in [-0.25, -0.2) is 0 Å². The first kappa shape index (κ1) is 12.0. The number of carboxylic acids is 1. The van der Waals surface area contributed by atoms with Crippen molar-refractivity contribution >= 4 is 23.5 Å². The molecule has 1 rings (SSSR count). The summed E-state index contributed by atoms with van der Waals surface area (Å²) < 4.78 is 0. The van der Waals surface area contributed by atoms with Crippen molar-refractivity contribution in [2.24, 2.45) is 11.8 Å². The van der Waals surface area contributed by atoms with Crippen molar-refractivity contribution in [2.75, 3.05) is 6.54 Å². The van der Waals surface area contributed by atoms with E-state index in [9.17, 15) is 9.59 Å². The topological polar surface area (TPSA) is 66.4 Å². The largest absolute Gasteiger partial charge is 0.481 e. The second kappa shape index (κ2) is 5.16. The molecule has 84 valence electrons. The maximum Gasteiger partial charge on any atom is 0.306 e. The quantitative estimate of drug-likeness (QED) is 0.768. The van der Waals surface area contributed by atoms with Crippen LogP contribution in [-0.2, 0) is 9.59 Å². The molecule has 0 aromatic carbocycles. The molecule has 0 aliphatic heterocycles. The number of aliphatic carboxylic acids is 1. The SMILES string of the molecule is C=C(Cl)CNC(=O)[C@@H]1CC[C@H](C(=O)O)C1. The molecule has 0 radical (unpaired) electrons. The third-order valence-electron chi connectivity index (χ3n) is 2.61. The van der Waals surface area contributed by atoms with Crippen LogP contribution in [0.1, 0.15) is 19.3 Å². The molecule has 0 spiro atoms. The number of carbonyl (C=O) groups is 2. The minimum absolute atomic E-state index is 0.124. The summed E-state index contributed by atoms with van der Waals surface area (Å²) in [5.74, 6) is -1.50. The summed E-state index contributed by atoms with van der Waals surface area (Å²) in [6, 6.07) is 0. The molecule has 1 aliphatic rings. The average molecular weight is 232 g/mol. The predicted molar refractivity (Wildman–Crippen MR) is 56.5 cm³/mol. The lowest BCUT2D eigenvalue weighted by Crippen LogP contribution is -2.30. The first-order valence-corrected chi connectivity index (χ1v) is 5.22. The van der Waals surface area contributed by atoms with E-state index in [1.54, 1.807) is 0 Å². The van der Waals surface area contributed by atoms with Crippen LogP contribution in [0.2, 0.25) is 0 Å². The molecule has 0 aromatic heterocycles. The highest BCUT2D eigenvalue weighted by atomic mass is 35.5. The lowest BCUT2D eigenvalue weighted by Gasteiger charge is -2.09. The van der Waals surface area contributed by atoms with Crippen LogP contribution in [0.25, 0.3) is 0 Å². The smallest absolute Gasteiger partial charge is 0.306 e. The van der Waals surface area contributed by atoms with Gasteiger partial charge in [-0.1, -0.05) is 18.2 Å². The van der Waals surface area contributed by atoms with Crippen LogP contribution >= 0.6 is 11.6 Å². The normalized spacial score (nSPS) is 24.9. The maximum absolute atomic E-state index is 11.5. The van der Waals surface area contributed by atoms with Gasteiger partial charge in [0, 0.05) is 11.0 Å². The fourth-order valence-corrected chi connectivity index (χ4v) is 1.84. The first-order chi connectivity index (χ1) is 7.00.